The van der Waals surface area contributed by atoms with E-state index in [1.807, 2.05) is 0 Å². The van der Waals surface area contributed by atoms with E-state index in [9.17, 15) is 31.1 Å². The number of carbonyl (C=O) groups is 1. The van der Waals surface area contributed by atoms with Crippen molar-refractivity contribution in [1.29, 1.82) is 0 Å². The lowest BCUT2D eigenvalue weighted by Gasteiger charge is -2.17. The summed E-state index contributed by atoms with van der Waals surface area (Å²) in [7, 11) is 0. The van der Waals surface area contributed by atoms with E-state index < -0.39 is 23.5 Å². The molecule has 1 heterocycles. The van der Waals surface area contributed by atoms with E-state index in [4.69, 9.17) is 0 Å². The Morgan fingerprint density at radius 3 is 1.52 bits per heavy atom. The van der Waals surface area contributed by atoms with Gasteiger partial charge in [-0.1, -0.05) is 24.3 Å². The van der Waals surface area contributed by atoms with E-state index in [0.29, 0.717) is 22.7 Å². The lowest BCUT2D eigenvalue weighted by molar-refractivity contribution is -0.138. The Balaban J connectivity index is 1.90. The minimum atomic E-state index is -4.49. The number of thioether (sulfide) groups is 1. The van der Waals surface area contributed by atoms with Crippen LogP contribution in [0.25, 0.3) is 12.2 Å². The number of rotatable bonds is 2. The lowest BCUT2D eigenvalue weighted by Crippen LogP contribution is -2.16. The normalized spacial score (nSPS) is 18.5. The Morgan fingerprint density at radius 2 is 1.14 bits per heavy atom. The maximum Gasteiger partial charge on any atom is 0.416 e. The maximum atomic E-state index is 12.9. The molecule has 0 atom stereocenters. The fourth-order valence-electron chi connectivity index (χ4n) is 2.83. The summed E-state index contributed by atoms with van der Waals surface area (Å²) in [5.74, 6) is 0.253. The number of hydrogen-bond donors (Lipinski definition) is 0. The highest BCUT2D eigenvalue weighted by Gasteiger charge is 2.31. The van der Waals surface area contributed by atoms with Gasteiger partial charge in [-0.25, -0.2) is 0 Å². The lowest BCUT2D eigenvalue weighted by atomic mass is 9.99. The molecule has 0 radical (unpaired) electrons. The van der Waals surface area contributed by atoms with E-state index >= 15 is 0 Å². The number of alkyl halides is 6. The van der Waals surface area contributed by atoms with Crippen molar-refractivity contribution in [2.75, 3.05) is 11.5 Å². The standard InChI is InChI=1S/C21H14F6OS/c22-20(23,24)17-5-1-3-13(9-17)7-15-11-29-12-16(19(15)28)8-14-4-2-6-18(10-14)21(25,26)27/h1-10H,11-12H2. The van der Waals surface area contributed by atoms with Gasteiger partial charge in [-0.3, -0.25) is 4.79 Å². The van der Waals surface area contributed by atoms with Crippen molar-refractivity contribution in [3.05, 3.63) is 81.9 Å². The third kappa shape index (κ3) is 5.32. The van der Waals surface area contributed by atoms with E-state index in [2.05, 4.69) is 0 Å². The minimum absolute atomic E-state index is 0.240. The average molecular weight is 428 g/mol. The Labute approximate surface area is 167 Å². The molecule has 1 aliphatic heterocycles. The molecule has 0 spiro atoms. The van der Waals surface area contributed by atoms with Crippen LogP contribution in [0.3, 0.4) is 0 Å². The van der Waals surface area contributed by atoms with Crippen molar-refractivity contribution < 1.29 is 31.1 Å². The second-order valence-corrected chi connectivity index (χ2v) is 7.39. The Morgan fingerprint density at radius 1 is 0.724 bits per heavy atom. The molecule has 0 aromatic heterocycles. The van der Waals surface area contributed by atoms with Crippen LogP contribution in [0.5, 0.6) is 0 Å². The molecule has 29 heavy (non-hydrogen) atoms. The van der Waals surface area contributed by atoms with E-state index in [-0.39, 0.29) is 16.9 Å². The first-order valence-electron chi connectivity index (χ1n) is 8.42. The summed E-state index contributed by atoms with van der Waals surface area (Å²) in [6.45, 7) is 0. The Bertz CT molecular complexity index is 908. The number of carbonyl (C=O) groups excluding carboxylic acids is 1. The molecule has 1 nitrogen and oxygen atoms in total. The minimum Gasteiger partial charge on any atom is -0.289 e. The van der Waals surface area contributed by atoms with Gasteiger partial charge in [0.25, 0.3) is 0 Å². The quantitative estimate of drug-likeness (QED) is 0.401. The fourth-order valence-corrected chi connectivity index (χ4v) is 3.81. The zero-order valence-electron chi connectivity index (χ0n) is 14.8. The highest BCUT2D eigenvalue weighted by atomic mass is 32.2. The van der Waals surface area contributed by atoms with E-state index in [1.165, 1.54) is 48.2 Å². The van der Waals surface area contributed by atoms with E-state index in [0.717, 1.165) is 24.3 Å². The maximum absolute atomic E-state index is 12.9. The largest absolute Gasteiger partial charge is 0.416 e. The van der Waals surface area contributed by atoms with Crippen molar-refractivity contribution in [2.45, 2.75) is 12.4 Å². The van der Waals surface area contributed by atoms with Gasteiger partial charge in [0.05, 0.1) is 11.1 Å². The molecule has 0 amide bonds. The van der Waals surface area contributed by atoms with Gasteiger partial charge in [0.15, 0.2) is 5.78 Å². The predicted octanol–water partition coefficient (Wildman–Crippen LogP) is 6.51. The molecule has 2 aromatic carbocycles. The van der Waals surface area contributed by atoms with Gasteiger partial charge in [0, 0.05) is 22.7 Å². The number of ketones is 1. The van der Waals surface area contributed by atoms with Gasteiger partial charge >= 0.3 is 12.4 Å². The van der Waals surface area contributed by atoms with Crippen LogP contribution in [0.2, 0.25) is 0 Å². The predicted molar refractivity (Wildman–Crippen MR) is 101 cm³/mol. The molecule has 2 aromatic rings. The molecule has 1 saturated heterocycles. The van der Waals surface area contributed by atoms with Gasteiger partial charge in [0.1, 0.15) is 0 Å². The van der Waals surface area contributed by atoms with Crippen LogP contribution in [-0.4, -0.2) is 17.3 Å². The van der Waals surface area contributed by atoms with Gasteiger partial charge < -0.3 is 0 Å². The van der Waals surface area contributed by atoms with Gasteiger partial charge in [-0.2, -0.15) is 38.1 Å². The molecule has 0 aliphatic carbocycles. The zero-order valence-corrected chi connectivity index (χ0v) is 15.6. The third-order valence-electron chi connectivity index (χ3n) is 4.21. The zero-order chi connectivity index (χ0) is 21.2. The highest BCUT2D eigenvalue weighted by molar-refractivity contribution is 7.99. The molecule has 1 aliphatic rings. The van der Waals surface area contributed by atoms with Crippen molar-refractivity contribution >= 4 is 29.7 Å². The summed E-state index contributed by atoms with van der Waals surface area (Å²) in [6, 6.07) is 9.24. The monoisotopic (exact) mass is 428 g/mol. The fraction of sp³-hybridized carbons (Fsp3) is 0.190. The highest BCUT2D eigenvalue weighted by Crippen LogP contribution is 2.33. The van der Waals surface area contributed by atoms with Crippen LogP contribution in [0, 0.1) is 0 Å². The van der Waals surface area contributed by atoms with Crippen LogP contribution in [-0.2, 0) is 17.1 Å². The average Bonchev–Trinajstić information content (AvgIpc) is 2.64. The summed E-state index contributed by atoms with van der Waals surface area (Å²) in [5, 5.41) is 0. The molecule has 1 fully saturated rings. The molecule has 0 saturated carbocycles. The number of Topliss-reactive ketones (excluding diaryl/α,β-unsaturated/α-hetero) is 1. The third-order valence-corrected chi connectivity index (χ3v) is 5.24. The second kappa shape index (κ2) is 8.10. The Hall–Kier alpha value is -2.48. The summed E-state index contributed by atoms with van der Waals surface area (Å²) in [6.07, 6.45) is -6.20. The molecular formula is C21H14F6OS. The van der Waals surface area contributed by atoms with E-state index in [1.54, 1.807) is 0 Å². The summed E-state index contributed by atoms with van der Waals surface area (Å²) < 4.78 is 77.2. The molecule has 3 rings (SSSR count). The van der Waals surface area contributed by atoms with Gasteiger partial charge in [-0.05, 0) is 47.5 Å². The topological polar surface area (TPSA) is 17.1 Å². The molecule has 8 heteroatoms. The van der Waals surface area contributed by atoms with Crippen molar-refractivity contribution in [3.8, 4) is 0 Å². The number of halogens is 6. The van der Waals surface area contributed by atoms with Crippen LogP contribution in [0.1, 0.15) is 22.3 Å². The second-order valence-electron chi connectivity index (χ2n) is 6.41. The molecule has 0 bridgehead atoms. The molecular weight excluding hydrogens is 414 g/mol. The van der Waals surface area contributed by atoms with Crippen molar-refractivity contribution in [3.63, 3.8) is 0 Å². The van der Waals surface area contributed by atoms with Crippen LogP contribution < -0.4 is 0 Å². The van der Waals surface area contributed by atoms with Crippen LogP contribution >= 0.6 is 11.8 Å². The van der Waals surface area contributed by atoms with Gasteiger partial charge in [0.2, 0.25) is 0 Å². The molecule has 0 N–H and O–H groups in total. The summed E-state index contributed by atoms with van der Waals surface area (Å²) in [4.78, 5) is 12.7. The Kier molecular flexibility index (Phi) is 5.93. The molecule has 152 valence electrons. The molecule has 0 unspecified atom stereocenters. The first-order chi connectivity index (χ1) is 13.5. The first kappa shape index (κ1) is 21.2. The first-order valence-corrected chi connectivity index (χ1v) is 9.57. The number of benzene rings is 2. The van der Waals surface area contributed by atoms with Crippen molar-refractivity contribution in [1.82, 2.24) is 0 Å². The van der Waals surface area contributed by atoms with Crippen LogP contribution in [0.4, 0.5) is 26.3 Å². The summed E-state index contributed by atoms with van der Waals surface area (Å²) in [5.41, 5.74) is -0.546. The smallest absolute Gasteiger partial charge is 0.289 e. The SMILES string of the molecule is O=C1C(=Cc2cccc(C(F)(F)F)c2)CSCC1=Cc1cccc(C(F)(F)F)c1. The number of hydrogen-bond acceptors (Lipinski definition) is 2. The van der Waals surface area contributed by atoms with Crippen LogP contribution in [0.15, 0.2) is 59.7 Å². The van der Waals surface area contributed by atoms with Gasteiger partial charge in [-0.15, -0.1) is 0 Å². The van der Waals surface area contributed by atoms with Crippen molar-refractivity contribution in [2.24, 2.45) is 0 Å². The summed E-state index contributed by atoms with van der Waals surface area (Å²) >= 11 is 1.37.